The summed E-state index contributed by atoms with van der Waals surface area (Å²) < 4.78 is 18.7. The third-order valence-corrected chi connectivity index (χ3v) is 3.68. The number of carbonyl (C=O) groups is 2. The Hall–Kier alpha value is -3.15. The molecule has 0 radical (unpaired) electrons. The molecule has 1 aromatic heterocycles. The highest BCUT2D eigenvalue weighted by atomic mass is 19.1. The van der Waals surface area contributed by atoms with Crippen molar-refractivity contribution in [3.63, 3.8) is 0 Å². The molecule has 0 spiro atoms. The number of carbonyl (C=O) groups excluding carboxylic acids is 2. The van der Waals surface area contributed by atoms with Crippen molar-refractivity contribution in [1.82, 2.24) is 4.98 Å². The standard InChI is InChI=1S/C19H17FN2O3/c1-2-7-25-18-6-4-15(9-13(18)11-23)21-19(24)17-10-12-8-14(20)3-5-16(12)22-17/h3-6,8-11,22H,2,7H2,1H3,(H,21,24). The summed E-state index contributed by atoms with van der Waals surface area (Å²) in [6, 6.07) is 10.7. The van der Waals surface area contributed by atoms with Gasteiger partial charge < -0.3 is 15.0 Å². The zero-order valence-corrected chi connectivity index (χ0v) is 13.6. The van der Waals surface area contributed by atoms with Crippen LogP contribution in [0.1, 0.15) is 34.2 Å². The summed E-state index contributed by atoms with van der Waals surface area (Å²) >= 11 is 0. The molecule has 0 aliphatic rings. The first-order valence-corrected chi connectivity index (χ1v) is 7.92. The molecule has 3 rings (SSSR count). The summed E-state index contributed by atoms with van der Waals surface area (Å²) in [6.07, 6.45) is 1.52. The van der Waals surface area contributed by atoms with Crippen LogP contribution in [-0.4, -0.2) is 23.8 Å². The van der Waals surface area contributed by atoms with Crippen molar-refractivity contribution in [2.24, 2.45) is 0 Å². The van der Waals surface area contributed by atoms with Crippen LogP contribution < -0.4 is 10.1 Å². The van der Waals surface area contributed by atoms with Crippen LogP contribution in [0.3, 0.4) is 0 Å². The smallest absolute Gasteiger partial charge is 0.272 e. The molecular formula is C19H17FN2O3. The number of anilines is 1. The lowest BCUT2D eigenvalue weighted by Crippen LogP contribution is -2.12. The van der Waals surface area contributed by atoms with E-state index in [1.165, 1.54) is 12.1 Å². The van der Waals surface area contributed by atoms with Crippen molar-refractivity contribution in [2.75, 3.05) is 11.9 Å². The molecule has 0 fully saturated rings. The predicted octanol–water partition coefficient (Wildman–Crippen LogP) is 4.16. The second-order valence-electron chi connectivity index (χ2n) is 5.59. The maximum atomic E-state index is 13.2. The van der Waals surface area contributed by atoms with E-state index in [1.807, 2.05) is 6.92 Å². The molecule has 0 saturated heterocycles. The maximum Gasteiger partial charge on any atom is 0.272 e. The first-order valence-electron chi connectivity index (χ1n) is 7.92. The number of benzene rings is 2. The van der Waals surface area contributed by atoms with Crippen LogP contribution in [0.15, 0.2) is 42.5 Å². The van der Waals surface area contributed by atoms with Crippen LogP contribution in [0.4, 0.5) is 10.1 Å². The second kappa shape index (κ2) is 7.17. The van der Waals surface area contributed by atoms with Crippen LogP contribution in [-0.2, 0) is 0 Å². The van der Waals surface area contributed by atoms with Crippen molar-refractivity contribution in [3.05, 3.63) is 59.5 Å². The highest BCUT2D eigenvalue weighted by Crippen LogP contribution is 2.23. The SMILES string of the molecule is CCCOc1ccc(NC(=O)c2cc3cc(F)ccc3[nH]2)cc1C=O. The minimum absolute atomic E-state index is 0.305. The van der Waals surface area contributed by atoms with Gasteiger partial charge in [-0.1, -0.05) is 6.92 Å². The van der Waals surface area contributed by atoms with Gasteiger partial charge in [-0.05, 0) is 48.9 Å². The summed E-state index contributed by atoms with van der Waals surface area (Å²) in [5.74, 6) is -0.261. The normalized spacial score (nSPS) is 10.6. The molecule has 0 aliphatic carbocycles. The zero-order valence-electron chi connectivity index (χ0n) is 13.6. The van der Waals surface area contributed by atoms with Gasteiger partial charge >= 0.3 is 0 Å². The summed E-state index contributed by atoms with van der Waals surface area (Å²) in [5.41, 5.74) is 1.81. The highest BCUT2D eigenvalue weighted by Gasteiger charge is 2.12. The number of ether oxygens (including phenoxy) is 1. The number of hydrogen-bond acceptors (Lipinski definition) is 3. The summed E-state index contributed by atoms with van der Waals surface area (Å²) in [7, 11) is 0. The monoisotopic (exact) mass is 340 g/mol. The predicted molar refractivity (Wildman–Crippen MR) is 93.8 cm³/mol. The van der Waals surface area contributed by atoms with Crippen LogP contribution in [0.2, 0.25) is 0 Å². The fourth-order valence-corrected chi connectivity index (χ4v) is 2.49. The van der Waals surface area contributed by atoms with E-state index in [9.17, 15) is 14.0 Å². The molecule has 0 saturated carbocycles. The quantitative estimate of drug-likeness (QED) is 0.662. The molecule has 0 unspecified atom stereocenters. The Morgan fingerprint density at radius 1 is 1.24 bits per heavy atom. The first kappa shape index (κ1) is 16.7. The molecular weight excluding hydrogens is 323 g/mol. The van der Waals surface area contributed by atoms with Crippen molar-refractivity contribution in [1.29, 1.82) is 0 Å². The van der Waals surface area contributed by atoms with Gasteiger partial charge in [0.05, 0.1) is 12.2 Å². The summed E-state index contributed by atoms with van der Waals surface area (Å²) in [4.78, 5) is 26.5. The van der Waals surface area contributed by atoms with Gasteiger partial charge in [-0.25, -0.2) is 4.39 Å². The molecule has 0 bridgehead atoms. The molecule has 3 aromatic rings. The first-order chi connectivity index (χ1) is 12.1. The summed E-state index contributed by atoms with van der Waals surface area (Å²) in [6.45, 7) is 2.49. The van der Waals surface area contributed by atoms with E-state index in [4.69, 9.17) is 4.74 Å². The van der Waals surface area contributed by atoms with Gasteiger partial charge in [-0.3, -0.25) is 9.59 Å². The van der Waals surface area contributed by atoms with Gasteiger partial charge in [0.25, 0.3) is 5.91 Å². The van der Waals surface area contributed by atoms with E-state index in [0.717, 1.165) is 6.42 Å². The maximum absolute atomic E-state index is 13.2. The average Bonchev–Trinajstić information content (AvgIpc) is 3.03. The van der Waals surface area contributed by atoms with Gasteiger partial charge in [-0.2, -0.15) is 0 Å². The minimum Gasteiger partial charge on any atom is -0.493 e. The minimum atomic E-state index is -0.379. The lowest BCUT2D eigenvalue weighted by atomic mass is 10.2. The Kier molecular flexibility index (Phi) is 4.79. The average molecular weight is 340 g/mol. The van der Waals surface area contributed by atoms with Crippen LogP contribution >= 0.6 is 0 Å². The molecule has 128 valence electrons. The van der Waals surface area contributed by atoms with E-state index in [2.05, 4.69) is 10.3 Å². The van der Waals surface area contributed by atoms with Crippen LogP contribution in [0, 0.1) is 5.82 Å². The number of H-pyrrole nitrogens is 1. The number of halogens is 1. The van der Waals surface area contributed by atoms with Gasteiger partial charge in [0, 0.05) is 16.6 Å². The fraction of sp³-hybridized carbons (Fsp3) is 0.158. The molecule has 2 N–H and O–H groups in total. The number of rotatable bonds is 6. The van der Waals surface area contributed by atoms with Gasteiger partial charge in [-0.15, -0.1) is 0 Å². The van der Waals surface area contributed by atoms with Gasteiger partial charge in [0.1, 0.15) is 17.3 Å². The molecule has 0 atom stereocenters. The van der Waals surface area contributed by atoms with E-state index >= 15 is 0 Å². The molecule has 6 heteroatoms. The van der Waals surface area contributed by atoms with Crippen molar-refractivity contribution in [2.45, 2.75) is 13.3 Å². The molecule has 5 nitrogen and oxygen atoms in total. The summed E-state index contributed by atoms with van der Waals surface area (Å²) in [5, 5.41) is 3.33. The van der Waals surface area contributed by atoms with Crippen molar-refractivity contribution >= 4 is 28.8 Å². The van der Waals surface area contributed by atoms with E-state index in [1.54, 1.807) is 30.3 Å². The van der Waals surface area contributed by atoms with Crippen LogP contribution in [0.5, 0.6) is 5.75 Å². The zero-order chi connectivity index (χ0) is 17.8. The molecule has 1 amide bonds. The van der Waals surface area contributed by atoms with Crippen molar-refractivity contribution in [3.8, 4) is 5.75 Å². The second-order valence-corrected chi connectivity index (χ2v) is 5.59. The molecule has 25 heavy (non-hydrogen) atoms. The third-order valence-electron chi connectivity index (χ3n) is 3.68. The number of amides is 1. The number of aromatic nitrogens is 1. The number of fused-ring (bicyclic) bond motifs is 1. The highest BCUT2D eigenvalue weighted by molar-refractivity contribution is 6.06. The Bertz CT molecular complexity index is 934. The van der Waals surface area contributed by atoms with E-state index in [0.29, 0.717) is 46.5 Å². The topological polar surface area (TPSA) is 71.2 Å². The molecule has 1 heterocycles. The van der Waals surface area contributed by atoms with Crippen LogP contribution in [0.25, 0.3) is 10.9 Å². The Morgan fingerprint density at radius 3 is 2.84 bits per heavy atom. The number of aromatic amines is 1. The van der Waals surface area contributed by atoms with Gasteiger partial charge in [0.2, 0.25) is 0 Å². The largest absolute Gasteiger partial charge is 0.493 e. The van der Waals surface area contributed by atoms with E-state index < -0.39 is 0 Å². The van der Waals surface area contributed by atoms with E-state index in [-0.39, 0.29) is 11.7 Å². The molecule has 2 aromatic carbocycles. The fourth-order valence-electron chi connectivity index (χ4n) is 2.49. The molecule has 0 aliphatic heterocycles. The van der Waals surface area contributed by atoms with Crippen molar-refractivity contribution < 1.29 is 18.7 Å². The lowest BCUT2D eigenvalue weighted by molar-refractivity contribution is 0.102. The Labute approximate surface area is 143 Å². The Balaban J connectivity index is 1.80. The lowest BCUT2D eigenvalue weighted by Gasteiger charge is -2.10. The number of hydrogen-bond donors (Lipinski definition) is 2. The van der Waals surface area contributed by atoms with Gasteiger partial charge in [0.15, 0.2) is 6.29 Å². The number of aldehydes is 1. The Morgan fingerprint density at radius 2 is 2.08 bits per heavy atom. The third kappa shape index (κ3) is 3.68. The number of nitrogens with one attached hydrogen (secondary N) is 2.